The van der Waals surface area contributed by atoms with E-state index in [-0.39, 0.29) is 5.82 Å². The Morgan fingerprint density at radius 2 is 1.89 bits per heavy atom. The lowest BCUT2D eigenvalue weighted by Crippen LogP contribution is -2.32. The molecule has 0 unspecified atom stereocenters. The monoisotopic (exact) mass is 411 g/mol. The van der Waals surface area contributed by atoms with Crippen LogP contribution < -0.4 is 10.6 Å². The number of hydrogen-bond donors (Lipinski definition) is 2. The Balaban J connectivity index is 1.77. The number of anilines is 2. The molecule has 0 aliphatic heterocycles. The lowest BCUT2D eigenvalue weighted by atomic mass is 9.89. The first-order valence-corrected chi connectivity index (χ1v) is 9.60. The number of aromatic nitrogens is 1. The maximum absolute atomic E-state index is 13.5. The number of halogens is 4. The molecule has 1 amide bonds. The summed E-state index contributed by atoms with van der Waals surface area (Å²) in [6.45, 7) is 0.388. The van der Waals surface area contributed by atoms with Gasteiger partial charge in [-0.1, -0.05) is 36.9 Å². The first-order chi connectivity index (χ1) is 13.3. The second kappa shape index (κ2) is 8.82. The second-order valence-corrected chi connectivity index (χ2v) is 7.38. The number of hydrogen-bond acceptors (Lipinski definition) is 3. The van der Waals surface area contributed by atoms with E-state index in [1.54, 1.807) is 24.3 Å². The van der Waals surface area contributed by atoms with Crippen LogP contribution in [0.5, 0.6) is 0 Å². The summed E-state index contributed by atoms with van der Waals surface area (Å²) in [6.07, 6.45) is 0.608. The van der Waals surface area contributed by atoms with Gasteiger partial charge in [0.15, 0.2) is 5.69 Å². The van der Waals surface area contributed by atoms with Crippen molar-refractivity contribution in [3.8, 4) is 0 Å². The van der Waals surface area contributed by atoms with Gasteiger partial charge >= 0.3 is 6.18 Å². The standard InChI is InChI=1S/C20H21ClF3N3O/c21-14-7-4-8-15(11-14)26-17-10-9-16(18(27-17)20(22,23)24)19(28)25-12-13-5-2-1-3-6-13/h4,7-11,13H,1-3,5-6,12H2,(H,25,28)(H,26,27). The molecule has 4 nitrogen and oxygen atoms in total. The van der Waals surface area contributed by atoms with Crippen molar-refractivity contribution < 1.29 is 18.0 Å². The Morgan fingerprint density at radius 3 is 2.57 bits per heavy atom. The van der Waals surface area contributed by atoms with Crippen LogP contribution in [-0.2, 0) is 6.18 Å². The van der Waals surface area contributed by atoms with Crippen LogP contribution in [0.2, 0.25) is 5.02 Å². The van der Waals surface area contributed by atoms with Crippen molar-refractivity contribution in [2.24, 2.45) is 5.92 Å². The van der Waals surface area contributed by atoms with Gasteiger partial charge in [0.25, 0.3) is 5.91 Å². The molecule has 150 valence electrons. The van der Waals surface area contributed by atoms with Crippen molar-refractivity contribution >= 4 is 29.0 Å². The molecule has 1 heterocycles. The van der Waals surface area contributed by atoms with E-state index in [0.717, 1.165) is 31.7 Å². The number of nitrogens with zero attached hydrogens (tertiary/aromatic N) is 1. The largest absolute Gasteiger partial charge is 0.434 e. The van der Waals surface area contributed by atoms with Crippen molar-refractivity contribution in [2.45, 2.75) is 38.3 Å². The predicted molar refractivity (Wildman–Crippen MR) is 103 cm³/mol. The zero-order chi connectivity index (χ0) is 20.1. The molecule has 0 atom stereocenters. The molecule has 28 heavy (non-hydrogen) atoms. The van der Waals surface area contributed by atoms with Crippen LogP contribution in [0.1, 0.15) is 48.2 Å². The SMILES string of the molecule is O=C(NCC1CCCCC1)c1ccc(Nc2cccc(Cl)c2)nc1C(F)(F)F. The van der Waals surface area contributed by atoms with Gasteiger partial charge < -0.3 is 10.6 Å². The first-order valence-electron chi connectivity index (χ1n) is 9.22. The summed E-state index contributed by atoms with van der Waals surface area (Å²) in [5, 5.41) is 5.87. The van der Waals surface area contributed by atoms with E-state index in [1.165, 1.54) is 12.5 Å². The predicted octanol–water partition coefficient (Wildman–Crippen LogP) is 5.81. The fourth-order valence-electron chi connectivity index (χ4n) is 3.37. The number of pyridine rings is 1. The Kier molecular flexibility index (Phi) is 6.44. The highest BCUT2D eigenvalue weighted by molar-refractivity contribution is 6.30. The minimum atomic E-state index is -4.75. The number of carbonyl (C=O) groups is 1. The summed E-state index contributed by atoms with van der Waals surface area (Å²) in [7, 11) is 0. The van der Waals surface area contributed by atoms with Crippen molar-refractivity contribution in [1.82, 2.24) is 10.3 Å². The zero-order valence-corrected chi connectivity index (χ0v) is 15.9. The van der Waals surface area contributed by atoms with E-state index in [4.69, 9.17) is 11.6 Å². The maximum atomic E-state index is 13.5. The number of nitrogens with one attached hydrogen (secondary N) is 2. The number of amides is 1. The average Bonchev–Trinajstić information content (AvgIpc) is 2.66. The van der Waals surface area contributed by atoms with E-state index in [0.29, 0.717) is 23.2 Å². The topological polar surface area (TPSA) is 54.0 Å². The number of rotatable bonds is 5. The van der Waals surface area contributed by atoms with Crippen LogP contribution in [0.15, 0.2) is 36.4 Å². The highest BCUT2D eigenvalue weighted by atomic mass is 35.5. The van der Waals surface area contributed by atoms with Crippen molar-refractivity contribution in [3.05, 3.63) is 52.7 Å². The van der Waals surface area contributed by atoms with Crippen molar-refractivity contribution in [3.63, 3.8) is 0 Å². The van der Waals surface area contributed by atoms with Gasteiger partial charge in [-0.2, -0.15) is 13.2 Å². The molecule has 8 heteroatoms. The molecule has 1 saturated carbocycles. The van der Waals surface area contributed by atoms with Crippen LogP contribution in [0.3, 0.4) is 0 Å². The number of benzene rings is 1. The van der Waals surface area contributed by atoms with E-state index in [9.17, 15) is 18.0 Å². The summed E-state index contributed by atoms with van der Waals surface area (Å²) in [5.74, 6) is -0.443. The maximum Gasteiger partial charge on any atom is 0.434 e. The third-order valence-corrected chi connectivity index (χ3v) is 5.02. The highest BCUT2D eigenvalue weighted by Gasteiger charge is 2.37. The molecule has 1 aliphatic carbocycles. The average molecular weight is 412 g/mol. The lowest BCUT2D eigenvalue weighted by Gasteiger charge is -2.22. The van der Waals surface area contributed by atoms with Gasteiger partial charge in [0.05, 0.1) is 5.56 Å². The molecule has 0 spiro atoms. The Morgan fingerprint density at radius 1 is 1.14 bits per heavy atom. The molecular weight excluding hydrogens is 391 g/mol. The van der Waals surface area contributed by atoms with Gasteiger partial charge in [0.2, 0.25) is 0 Å². The molecule has 1 aliphatic rings. The van der Waals surface area contributed by atoms with Gasteiger partial charge in [0, 0.05) is 17.3 Å². The Labute approximate surface area is 166 Å². The van der Waals surface area contributed by atoms with Crippen LogP contribution >= 0.6 is 11.6 Å². The van der Waals surface area contributed by atoms with Gasteiger partial charge in [-0.05, 0) is 49.1 Å². The molecule has 3 rings (SSSR count). The quantitative estimate of drug-likeness (QED) is 0.653. The number of carbonyl (C=O) groups excluding carboxylic acids is 1. The fraction of sp³-hybridized carbons (Fsp3) is 0.400. The van der Waals surface area contributed by atoms with Crippen LogP contribution in [-0.4, -0.2) is 17.4 Å². The van der Waals surface area contributed by atoms with Crippen molar-refractivity contribution in [2.75, 3.05) is 11.9 Å². The lowest BCUT2D eigenvalue weighted by molar-refractivity contribution is -0.141. The summed E-state index contributed by atoms with van der Waals surface area (Å²) in [4.78, 5) is 16.0. The summed E-state index contributed by atoms with van der Waals surface area (Å²) >= 11 is 5.89. The molecule has 1 fully saturated rings. The molecule has 0 saturated heterocycles. The normalized spacial score (nSPS) is 15.3. The molecule has 0 radical (unpaired) electrons. The molecule has 0 bridgehead atoms. The van der Waals surface area contributed by atoms with Crippen molar-refractivity contribution in [1.29, 1.82) is 0 Å². The third kappa shape index (κ3) is 5.38. The van der Waals surface area contributed by atoms with E-state index in [2.05, 4.69) is 15.6 Å². The summed E-state index contributed by atoms with van der Waals surface area (Å²) < 4.78 is 40.5. The van der Waals surface area contributed by atoms with E-state index >= 15 is 0 Å². The van der Waals surface area contributed by atoms with Gasteiger partial charge in [0.1, 0.15) is 5.82 Å². The van der Waals surface area contributed by atoms with Crippen LogP contribution in [0, 0.1) is 5.92 Å². The Hall–Kier alpha value is -2.28. The van der Waals surface area contributed by atoms with Gasteiger partial charge in [-0.25, -0.2) is 4.98 Å². The summed E-state index contributed by atoms with van der Waals surface area (Å²) in [6, 6.07) is 9.06. The summed E-state index contributed by atoms with van der Waals surface area (Å²) in [5.41, 5.74) is -1.18. The highest BCUT2D eigenvalue weighted by Crippen LogP contribution is 2.32. The fourth-order valence-corrected chi connectivity index (χ4v) is 3.56. The van der Waals surface area contributed by atoms with Gasteiger partial charge in [-0.3, -0.25) is 4.79 Å². The van der Waals surface area contributed by atoms with Crippen LogP contribution in [0.4, 0.5) is 24.7 Å². The number of alkyl halides is 3. The van der Waals surface area contributed by atoms with Crippen LogP contribution in [0.25, 0.3) is 0 Å². The molecule has 1 aromatic carbocycles. The second-order valence-electron chi connectivity index (χ2n) is 6.94. The Bertz CT molecular complexity index is 836. The minimum Gasteiger partial charge on any atom is -0.352 e. The zero-order valence-electron chi connectivity index (χ0n) is 15.2. The molecule has 1 aromatic heterocycles. The minimum absolute atomic E-state index is 0.0153. The third-order valence-electron chi connectivity index (χ3n) is 4.78. The van der Waals surface area contributed by atoms with E-state index < -0.39 is 23.3 Å². The first kappa shape index (κ1) is 20.5. The van der Waals surface area contributed by atoms with Gasteiger partial charge in [-0.15, -0.1) is 0 Å². The molecular formula is C20H21ClF3N3O. The van der Waals surface area contributed by atoms with E-state index in [1.807, 2.05) is 0 Å². The smallest absolute Gasteiger partial charge is 0.352 e. The molecule has 2 N–H and O–H groups in total. The molecule has 2 aromatic rings.